The Balaban J connectivity index is 2.49. The van der Waals surface area contributed by atoms with Crippen LogP contribution in [-0.2, 0) is 10.0 Å². The topological polar surface area (TPSA) is 106 Å². The van der Waals surface area contributed by atoms with Crippen LogP contribution in [0.3, 0.4) is 0 Å². The van der Waals surface area contributed by atoms with Crippen LogP contribution >= 0.6 is 0 Å². The number of nitrogens with zero attached hydrogens (tertiary/aromatic N) is 1. The molecular weight excluding hydrogens is 266 g/mol. The Morgan fingerprint density at radius 2 is 1.95 bits per heavy atom. The smallest absolute Gasteiger partial charge is 0.225 e. The van der Waals surface area contributed by atoms with Crippen molar-refractivity contribution in [3.05, 3.63) is 53.3 Å². The maximum Gasteiger partial charge on any atom is 0.225 e. The van der Waals surface area contributed by atoms with Gasteiger partial charge in [0.25, 0.3) is 0 Å². The number of H-pyrrole nitrogens is 1. The van der Waals surface area contributed by atoms with Gasteiger partial charge in [0.2, 0.25) is 10.0 Å². The summed E-state index contributed by atoms with van der Waals surface area (Å²) in [7, 11) is -4.08. The van der Waals surface area contributed by atoms with Gasteiger partial charge in [0.1, 0.15) is 0 Å². The average molecular weight is 279 g/mol. The Morgan fingerprint density at radius 3 is 2.42 bits per heavy atom. The molecule has 1 atom stereocenters. The SMILES string of the molecule is Cc1cc(C(C(=O)c2ccccc2)S(N)(=O)=O)n[nH]1. The molecule has 0 amide bonds. The lowest BCUT2D eigenvalue weighted by Crippen LogP contribution is -2.28. The minimum atomic E-state index is -4.08. The summed E-state index contributed by atoms with van der Waals surface area (Å²) in [5, 5.41) is 10.1. The lowest BCUT2D eigenvalue weighted by molar-refractivity contribution is 0.0985. The number of hydrogen-bond acceptors (Lipinski definition) is 4. The average Bonchev–Trinajstić information content (AvgIpc) is 2.75. The molecule has 19 heavy (non-hydrogen) atoms. The number of sulfonamides is 1. The Hall–Kier alpha value is -1.99. The van der Waals surface area contributed by atoms with Gasteiger partial charge in [-0.3, -0.25) is 9.89 Å². The molecule has 0 fully saturated rings. The summed E-state index contributed by atoms with van der Waals surface area (Å²) in [5.41, 5.74) is 1.04. The molecule has 3 N–H and O–H groups in total. The second-order valence-electron chi connectivity index (χ2n) is 4.18. The van der Waals surface area contributed by atoms with Gasteiger partial charge >= 0.3 is 0 Å². The molecule has 0 aliphatic rings. The molecular formula is C12H13N3O3S. The summed E-state index contributed by atoms with van der Waals surface area (Å²) in [4.78, 5) is 12.3. The number of ketones is 1. The Kier molecular flexibility index (Phi) is 3.50. The highest BCUT2D eigenvalue weighted by molar-refractivity contribution is 7.90. The van der Waals surface area contributed by atoms with Crippen LogP contribution in [0.15, 0.2) is 36.4 Å². The van der Waals surface area contributed by atoms with E-state index < -0.39 is 21.1 Å². The van der Waals surface area contributed by atoms with E-state index in [4.69, 9.17) is 5.14 Å². The van der Waals surface area contributed by atoms with E-state index in [1.165, 1.54) is 6.07 Å². The normalized spacial score (nSPS) is 13.2. The highest BCUT2D eigenvalue weighted by Crippen LogP contribution is 2.23. The van der Waals surface area contributed by atoms with Crippen LogP contribution in [0.25, 0.3) is 0 Å². The second kappa shape index (κ2) is 4.94. The predicted octanol–water partition coefficient (Wildman–Crippen LogP) is 0.931. The Labute approximate surface area is 110 Å². The standard InChI is InChI=1S/C12H13N3O3S/c1-8-7-10(15-14-8)12(19(13,17)18)11(16)9-5-3-2-4-6-9/h2-7,12H,1H3,(H,14,15)(H2,13,17,18). The number of aryl methyl sites for hydroxylation is 1. The lowest BCUT2D eigenvalue weighted by atomic mass is 10.1. The maximum atomic E-state index is 12.3. The summed E-state index contributed by atoms with van der Waals surface area (Å²) in [5.74, 6) is -0.588. The molecule has 0 spiro atoms. The number of aromatic nitrogens is 2. The predicted molar refractivity (Wildman–Crippen MR) is 69.9 cm³/mol. The fourth-order valence-electron chi connectivity index (χ4n) is 1.78. The van der Waals surface area contributed by atoms with E-state index in [-0.39, 0.29) is 11.3 Å². The monoisotopic (exact) mass is 279 g/mol. The number of carbonyl (C=O) groups excluding carboxylic acids is 1. The van der Waals surface area contributed by atoms with Gasteiger partial charge in [0.05, 0.1) is 5.69 Å². The first-order valence-electron chi connectivity index (χ1n) is 5.52. The van der Waals surface area contributed by atoms with Crippen molar-refractivity contribution in [3.8, 4) is 0 Å². The first kappa shape index (κ1) is 13.4. The fourth-order valence-corrected chi connectivity index (χ4v) is 2.67. The van der Waals surface area contributed by atoms with E-state index in [1.807, 2.05) is 0 Å². The third-order valence-electron chi connectivity index (χ3n) is 2.62. The van der Waals surface area contributed by atoms with Gasteiger partial charge in [-0.2, -0.15) is 5.10 Å². The molecule has 6 nitrogen and oxygen atoms in total. The van der Waals surface area contributed by atoms with Gasteiger partial charge in [-0.15, -0.1) is 0 Å². The number of nitrogens with one attached hydrogen (secondary N) is 1. The van der Waals surface area contributed by atoms with Gasteiger partial charge in [-0.05, 0) is 13.0 Å². The van der Waals surface area contributed by atoms with Crippen molar-refractivity contribution in [3.63, 3.8) is 0 Å². The van der Waals surface area contributed by atoms with E-state index in [9.17, 15) is 13.2 Å². The Bertz CT molecular complexity index is 692. The van der Waals surface area contributed by atoms with Crippen molar-refractivity contribution in [1.29, 1.82) is 0 Å². The van der Waals surface area contributed by atoms with Gasteiger partial charge in [-0.1, -0.05) is 30.3 Å². The van der Waals surface area contributed by atoms with Crippen molar-refractivity contribution in [2.75, 3.05) is 0 Å². The third kappa shape index (κ3) is 2.88. The minimum absolute atomic E-state index is 0.105. The molecule has 1 aromatic carbocycles. The van der Waals surface area contributed by atoms with Crippen molar-refractivity contribution in [1.82, 2.24) is 10.2 Å². The van der Waals surface area contributed by atoms with Gasteiger partial charge in [0.15, 0.2) is 11.0 Å². The van der Waals surface area contributed by atoms with Crippen LogP contribution in [0.5, 0.6) is 0 Å². The van der Waals surface area contributed by atoms with Gasteiger partial charge < -0.3 is 0 Å². The highest BCUT2D eigenvalue weighted by atomic mass is 32.2. The zero-order valence-electron chi connectivity index (χ0n) is 10.2. The number of carbonyl (C=O) groups is 1. The van der Waals surface area contributed by atoms with E-state index in [2.05, 4.69) is 10.2 Å². The molecule has 100 valence electrons. The molecule has 1 unspecified atom stereocenters. The fraction of sp³-hybridized carbons (Fsp3) is 0.167. The van der Waals surface area contributed by atoms with Crippen LogP contribution in [0.4, 0.5) is 0 Å². The van der Waals surface area contributed by atoms with E-state index in [1.54, 1.807) is 37.3 Å². The second-order valence-corrected chi connectivity index (χ2v) is 5.82. The van der Waals surface area contributed by atoms with Crippen LogP contribution < -0.4 is 5.14 Å². The van der Waals surface area contributed by atoms with Gasteiger partial charge in [0, 0.05) is 11.3 Å². The molecule has 0 radical (unpaired) electrons. The molecule has 1 aromatic heterocycles. The number of benzene rings is 1. The van der Waals surface area contributed by atoms with E-state index in [0.29, 0.717) is 5.69 Å². The maximum absolute atomic E-state index is 12.3. The Morgan fingerprint density at radius 1 is 1.32 bits per heavy atom. The molecule has 2 rings (SSSR count). The molecule has 7 heteroatoms. The number of aromatic amines is 1. The third-order valence-corrected chi connectivity index (χ3v) is 3.73. The van der Waals surface area contributed by atoms with Crippen molar-refractivity contribution in [2.24, 2.45) is 5.14 Å². The first-order valence-corrected chi connectivity index (χ1v) is 7.13. The first-order chi connectivity index (χ1) is 8.89. The van der Waals surface area contributed by atoms with Crippen LogP contribution in [0.2, 0.25) is 0 Å². The minimum Gasteiger partial charge on any atom is -0.292 e. The number of nitrogens with two attached hydrogens (primary N) is 1. The zero-order chi connectivity index (χ0) is 14.0. The summed E-state index contributed by atoms with van der Waals surface area (Å²) >= 11 is 0. The van der Waals surface area contributed by atoms with Crippen LogP contribution in [-0.4, -0.2) is 24.4 Å². The van der Waals surface area contributed by atoms with Gasteiger partial charge in [-0.25, -0.2) is 13.6 Å². The van der Waals surface area contributed by atoms with Crippen LogP contribution in [0.1, 0.15) is 27.0 Å². The lowest BCUT2D eigenvalue weighted by Gasteiger charge is -2.11. The molecule has 1 heterocycles. The van der Waals surface area contributed by atoms with Crippen molar-refractivity contribution < 1.29 is 13.2 Å². The number of hydrogen-bond donors (Lipinski definition) is 2. The van der Waals surface area contributed by atoms with E-state index >= 15 is 0 Å². The summed E-state index contributed by atoms with van der Waals surface area (Å²) in [6, 6.07) is 9.63. The van der Waals surface area contributed by atoms with Crippen molar-refractivity contribution in [2.45, 2.75) is 12.2 Å². The van der Waals surface area contributed by atoms with Crippen molar-refractivity contribution >= 4 is 15.8 Å². The molecule has 2 aromatic rings. The largest absolute Gasteiger partial charge is 0.292 e. The molecule has 0 aliphatic heterocycles. The summed E-state index contributed by atoms with van der Waals surface area (Å²) in [6.45, 7) is 1.71. The summed E-state index contributed by atoms with van der Waals surface area (Å²) in [6.07, 6.45) is 0. The molecule has 0 bridgehead atoms. The number of primary sulfonamides is 1. The quantitative estimate of drug-likeness (QED) is 0.812. The molecule has 0 saturated heterocycles. The molecule has 0 aliphatic carbocycles. The van der Waals surface area contributed by atoms with Crippen LogP contribution in [0, 0.1) is 6.92 Å². The number of rotatable bonds is 4. The number of Topliss-reactive ketones (excluding diaryl/α,β-unsaturated/α-hetero) is 1. The molecule has 0 saturated carbocycles. The zero-order valence-corrected chi connectivity index (χ0v) is 11.0. The highest BCUT2D eigenvalue weighted by Gasteiger charge is 2.34. The summed E-state index contributed by atoms with van der Waals surface area (Å²) < 4.78 is 23.3. The van der Waals surface area contributed by atoms with E-state index in [0.717, 1.165) is 0 Å².